The summed E-state index contributed by atoms with van der Waals surface area (Å²) in [6.45, 7) is 0. The Labute approximate surface area is 268 Å². The van der Waals surface area contributed by atoms with E-state index in [-0.39, 0.29) is 0 Å². The van der Waals surface area contributed by atoms with Gasteiger partial charge < -0.3 is 9.32 Å². The molecule has 8 aromatic rings. The van der Waals surface area contributed by atoms with E-state index in [9.17, 15) is 0 Å². The van der Waals surface area contributed by atoms with Crippen LogP contribution in [0.1, 0.15) is 22.3 Å². The fraction of sp³-hybridized carbons (Fsp3) is 0.0455. The third kappa shape index (κ3) is 3.97. The summed E-state index contributed by atoms with van der Waals surface area (Å²) in [5.41, 5.74) is 12.4. The second-order valence-corrected chi connectivity index (χ2v) is 12.1. The van der Waals surface area contributed by atoms with E-state index >= 15 is 0 Å². The molecule has 218 valence electrons. The van der Waals surface area contributed by atoms with E-state index in [1.807, 2.05) is 0 Å². The van der Waals surface area contributed by atoms with Crippen molar-refractivity contribution >= 4 is 39.0 Å². The molecule has 0 atom stereocenters. The summed E-state index contributed by atoms with van der Waals surface area (Å²) in [5, 5.41) is 2.27. The Kier molecular flexibility index (Phi) is 6.14. The van der Waals surface area contributed by atoms with E-state index in [2.05, 4.69) is 181 Å². The van der Waals surface area contributed by atoms with Gasteiger partial charge in [0.2, 0.25) is 0 Å². The number of hydrogen-bond acceptors (Lipinski definition) is 2. The quantitative estimate of drug-likeness (QED) is 0.192. The molecule has 0 saturated carbocycles. The van der Waals surface area contributed by atoms with E-state index in [0.717, 1.165) is 39.0 Å². The largest absolute Gasteiger partial charge is 0.456 e. The minimum absolute atomic E-state index is 0.435. The van der Waals surface area contributed by atoms with Gasteiger partial charge in [-0.25, -0.2) is 0 Å². The highest BCUT2D eigenvalue weighted by molar-refractivity contribution is 6.08. The van der Waals surface area contributed by atoms with Gasteiger partial charge in [0.25, 0.3) is 0 Å². The monoisotopic (exact) mass is 589 g/mol. The Hall–Kier alpha value is -5.86. The van der Waals surface area contributed by atoms with Crippen molar-refractivity contribution in [1.29, 1.82) is 0 Å². The number of rotatable bonds is 6. The molecule has 1 aliphatic rings. The van der Waals surface area contributed by atoms with Crippen molar-refractivity contribution in [2.24, 2.45) is 0 Å². The highest BCUT2D eigenvalue weighted by Gasteiger charge is 2.45. The molecular formula is C44H31NO. The first-order valence-corrected chi connectivity index (χ1v) is 15.9. The molecule has 0 saturated heterocycles. The summed E-state index contributed by atoms with van der Waals surface area (Å²) in [4.78, 5) is 2.38. The topological polar surface area (TPSA) is 16.4 Å². The van der Waals surface area contributed by atoms with E-state index in [4.69, 9.17) is 4.42 Å². The normalized spacial score (nSPS) is 13.0. The lowest BCUT2D eigenvalue weighted by Crippen LogP contribution is -2.30. The molecule has 1 heterocycles. The van der Waals surface area contributed by atoms with Crippen LogP contribution in [-0.2, 0) is 11.8 Å². The molecule has 0 spiro atoms. The van der Waals surface area contributed by atoms with Crippen molar-refractivity contribution < 1.29 is 4.42 Å². The average molecular weight is 590 g/mol. The zero-order valence-electron chi connectivity index (χ0n) is 25.3. The first-order chi connectivity index (χ1) is 22.8. The Morgan fingerprint density at radius 1 is 0.457 bits per heavy atom. The Bertz CT molecular complexity index is 2250. The summed E-state index contributed by atoms with van der Waals surface area (Å²) in [6, 6.07) is 63.2. The molecule has 0 bridgehead atoms. The molecule has 0 radical (unpaired) electrons. The van der Waals surface area contributed by atoms with Gasteiger partial charge >= 0.3 is 0 Å². The first-order valence-electron chi connectivity index (χ1n) is 15.9. The number of fused-ring (bicyclic) bond motifs is 6. The molecule has 46 heavy (non-hydrogen) atoms. The van der Waals surface area contributed by atoms with Crippen LogP contribution >= 0.6 is 0 Å². The molecule has 0 N–H and O–H groups in total. The van der Waals surface area contributed by atoms with Gasteiger partial charge in [0.15, 0.2) is 0 Å². The van der Waals surface area contributed by atoms with Crippen LogP contribution in [0, 0.1) is 0 Å². The zero-order chi connectivity index (χ0) is 30.5. The fourth-order valence-corrected chi connectivity index (χ4v) is 7.71. The van der Waals surface area contributed by atoms with Crippen LogP contribution in [0.3, 0.4) is 0 Å². The van der Waals surface area contributed by atoms with Gasteiger partial charge in [0.1, 0.15) is 11.2 Å². The summed E-state index contributed by atoms with van der Waals surface area (Å²) in [6.07, 6.45) is 0.716. The van der Waals surface area contributed by atoms with Gasteiger partial charge in [-0.05, 0) is 76.7 Å². The second-order valence-electron chi connectivity index (χ2n) is 12.1. The van der Waals surface area contributed by atoms with E-state index in [0.29, 0.717) is 6.42 Å². The van der Waals surface area contributed by atoms with Crippen LogP contribution < -0.4 is 4.90 Å². The van der Waals surface area contributed by atoms with E-state index in [1.54, 1.807) is 0 Å². The number of anilines is 3. The third-order valence-electron chi connectivity index (χ3n) is 9.67. The smallest absolute Gasteiger partial charge is 0.140 e. The summed E-state index contributed by atoms with van der Waals surface area (Å²) < 4.78 is 6.89. The van der Waals surface area contributed by atoms with Crippen molar-refractivity contribution in [3.8, 4) is 11.1 Å². The number of benzene rings is 7. The number of furan rings is 1. The summed E-state index contributed by atoms with van der Waals surface area (Å²) in [7, 11) is 0. The lowest BCUT2D eigenvalue weighted by molar-refractivity contribution is 0.613. The Balaban J connectivity index is 1.40. The predicted octanol–water partition coefficient (Wildman–Crippen LogP) is 11.6. The Morgan fingerprint density at radius 3 is 1.61 bits per heavy atom. The highest BCUT2D eigenvalue weighted by atomic mass is 16.3. The number of nitrogens with zero attached hydrogens (tertiary/aromatic N) is 1. The van der Waals surface area contributed by atoms with Crippen LogP contribution in [0.4, 0.5) is 17.1 Å². The highest BCUT2D eigenvalue weighted by Crippen LogP contribution is 2.56. The van der Waals surface area contributed by atoms with Crippen molar-refractivity contribution in [1.82, 2.24) is 0 Å². The van der Waals surface area contributed by atoms with Gasteiger partial charge in [-0.1, -0.05) is 133 Å². The lowest BCUT2D eigenvalue weighted by atomic mass is 9.68. The lowest BCUT2D eigenvalue weighted by Gasteiger charge is -2.35. The molecule has 7 aromatic carbocycles. The van der Waals surface area contributed by atoms with Gasteiger partial charge in [-0.3, -0.25) is 0 Å². The van der Waals surface area contributed by atoms with Crippen molar-refractivity contribution in [3.05, 3.63) is 198 Å². The molecule has 9 rings (SSSR count). The summed E-state index contributed by atoms with van der Waals surface area (Å²) in [5.74, 6) is 0. The minimum atomic E-state index is -0.435. The SMILES string of the molecule is c1ccc(N(c2ccccc2)c2ccc3c(oc4ccccc43)c2CC2(c3ccccc3)c3ccccc3-c3ccccc32)cc1. The van der Waals surface area contributed by atoms with Crippen LogP contribution in [-0.4, -0.2) is 0 Å². The van der Waals surface area contributed by atoms with Crippen LogP contribution in [0.15, 0.2) is 180 Å². The molecule has 2 heteroatoms. The van der Waals surface area contributed by atoms with Crippen molar-refractivity contribution in [3.63, 3.8) is 0 Å². The second kappa shape index (κ2) is 10.6. The molecule has 0 amide bonds. The van der Waals surface area contributed by atoms with Crippen molar-refractivity contribution in [2.45, 2.75) is 11.8 Å². The molecule has 1 aromatic heterocycles. The molecular weight excluding hydrogens is 558 g/mol. The van der Waals surface area contributed by atoms with Gasteiger partial charge in [0.05, 0.1) is 11.1 Å². The average Bonchev–Trinajstić information content (AvgIpc) is 3.65. The number of hydrogen-bond donors (Lipinski definition) is 0. The standard InChI is InChI=1S/C44H31NO/c1-4-16-31(17-5-1)44(39-25-13-10-22-34(39)35-23-11-14-26-40(35)44)30-38-41(29-28-37-36-24-12-15-27-42(36)46-43(37)38)45(32-18-6-2-7-19-32)33-20-8-3-9-21-33/h1-29H,30H2. The van der Waals surface area contributed by atoms with Gasteiger partial charge in [-0.15, -0.1) is 0 Å². The maximum atomic E-state index is 6.89. The zero-order valence-corrected chi connectivity index (χ0v) is 25.3. The van der Waals surface area contributed by atoms with E-state index in [1.165, 1.54) is 33.4 Å². The fourth-order valence-electron chi connectivity index (χ4n) is 7.71. The molecule has 2 nitrogen and oxygen atoms in total. The van der Waals surface area contributed by atoms with E-state index < -0.39 is 5.41 Å². The van der Waals surface area contributed by atoms with Crippen LogP contribution in [0.25, 0.3) is 33.1 Å². The Morgan fingerprint density at radius 2 is 0.978 bits per heavy atom. The molecule has 0 fully saturated rings. The van der Waals surface area contributed by atoms with Gasteiger partial charge in [0, 0.05) is 27.7 Å². The molecule has 0 aliphatic heterocycles. The number of para-hydroxylation sites is 3. The molecule has 1 aliphatic carbocycles. The predicted molar refractivity (Wildman–Crippen MR) is 190 cm³/mol. The third-order valence-corrected chi connectivity index (χ3v) is 9.67. The molecule has 0 unspecified atom stereocenters. The van der Waals surface area contributed by atoms with Crippen LogP contribution in [0.2, 0.25) is 0 Å². The summed E-state index contributed by atoms with van der Waals surface area (Å²) >= 11 is 0. The van der Waals surface area contributed by atoms with Crippen molar-refractivity contribution in [2.75, 3.05) is 4.90 Å². The minimum Gasteiger partial charge on any atom is -0.456 e. The van der Waals surface area contributed by atoms with Crippen LogP contribution in [0.5, 0.6) is 0 Å². The maximum absolute atomic E-state index is 6.89. The first kappa shape index (κ1) is 26.5. The maximum Gasteiger partial charge on any atom is 0.140 e. The van der Waals surface area contributed by atoms with Gasteiger partial charge in [-0.2, -0.15) is 0 Å².